The summed E-state index contributed by atoms with van der Waals surface area (Å²) in [5, 5.41) is 23.8. The van der Waals surface area contributed by atoms with Crippen LogP contribution in [0.1, 0.15) is 22.8 Å². The molecule has 0 radical (unpaired) electrons. The van der Waals surface area contributed by atoms with Gasteiger partial charge in [0.15, 0.2) is 0 Å². The number of piperazine rings is 1. The molecule has 1 amide bonds. The molecule has 0 bridgehead atoms. The molecule has 1 aliphatic rings. The van der Waals surface area contributed by atoms with Gasteiger partial charge in [-0.25, -0.2) is 14.6 Å². The second-order valence-electron chi connectivity index (χ2n) is 9.71. The first-order valence-corrected chi connectivity index (χ1v) is 13.1. The van der Waals surface area contributed by atoms with Gasteiger partial charge in [0.25, 0.3) is 5.91 Å². The zero-order valence-corrected chi connectivity index (χ0v) is 23.1. The summed E-state index contributed by atoms with van der Waals surface area (Å²) in [6, 6.07) is 12.8. The predicted octanol–water partition coefficient (Wildman–Crippen LogP) is 2.61. The largest absolute Gasteiger partial charge is 0.495 e. The Morgan fingerprint density at radius 1 is 1.07 bits per heavy atom. The van der Waals surface area contributed by atoms with E-state index in [0.717, 1.165) is 24.2 Å². The summed E-state index contributed by atoms with van der Waals surface area (Å²) in [6.07, 6.45) is 4.60. The van der Waals surface area contributed by atoms with Crippen LogP contribution in [0.2, 0.25) is 0 Å². The quantitative estimate of drug-likeness (QED) is 0.326. The van der Waals surface area contributed by atoms with E-state index in [0.29, 0.717) is 53.9 Å². The molecule has 13 nitrogen and oxygen atoms in total. The minimum atomic E-state index is -0.276. The summed E-state index contributed by atoms with van der Waals surface area (Å²) in [5.41, 5.74) is 3.17. The molecule has 4 aromatic rings. The molecule has 1 fully saturated rings. The fraction of sp³-hybridized carbons (Fsp3) is 0.321. The molecule has 13 heteroatoms. The number of ether oxygens (including phenoxy) is 2. The van der Waals surface area contributed by atoms with Gasteiger partial charge < -0.3 is 24.6 Å². The third-order valence-corrected chi connectivity index (χ3v) is 6.74. The number of nitrogens with zero attached hydrogens (tertiary/aromatic N) is 9. The number of carbonyl (C=O) groups is 1. The van der Waals surface area contributed by atoms with Crippen LogP contribution in [0.25, 0.3) is 11.1 Å². The zero-order chi connectivity index (χ0) is 28.8. The first-order valence-electron chi connectivity index (χ1n) is 13.1. The maximum Gasteiger partial charge on any atom is 0.254 e. The van der Waals surface area contributed by atoms with E-state index in [1.54, 1.807) is 54.5 Å². The molecule has 5 rings (SSSR count). The number of rotatable bonds is 9. The van der Waals surface area contributed by atoms with Gasteiger partial charge in [-0.1, -0.05) is 6.07 Å². The zero-order valence-electron chi connectivity index (χ0n) is 23.1. The van der Waals surface area contributed by atoms with Crippen LogP contribution in [0.15, 0.2) is 55.1 Å². The lowest BCUT2D eigenvalue weighted by Gasteiger charge is -2.32. The van der Waals surface area contributed by atoms with Crippen LogP contribution < -0.4 is 14.8 Å². The van der Waals surface area contributed by atoms with Crippen LogP contribution in [0.3, 0.4) is 0 Å². The van der Waals surface area contributed by atoms with Gasteiger partial charge in [-0.15, -0.1) is 5.10 Å². The Hall–Kier alpha value is -5.09. The monoisotopic (exact) mass is 554 g/mol. The van der Waals surface area contributed by atoms with Gasteiger partial charge >= 0.3 is 0 Å². The van der Waals surface area contributed by atoms with Crippen LogP contribution in [-0.2, 0) is 6.54 Å². The van der Waals surface area contributed by atoms with Gasteiger partial charge in [-0.3, -0.25) is 4.79 Å². The Morgan fingerprint density at radius 3 is 2.54 bits per heavy atom. The van der Waals surface area contributed by atoms with Crippen LogP contribution >= 0.6 is 0 Å². The normalized spacial score (nSPS) is 14.2. The number of nitrogens with one attached hydrogen (secondary N) is 1. The van der Waals surface area contributed by atoms with Crippen molar-refractivity contribution in [1.29, 1.82) is 5.26 Å². The van der Waals surface area contributed by atoms with Gasteiger partial charge in [0.05, 0.1) is 24.9 Å². The molecule has 1 N–H and O–H groups in total. The van der Waals surface area contributed by atoms with Crippen LogP contribution in [0.5, 0.6) is 11.5 Å². The van der Waals surface area contributed by atoms with E-state index < -0.39 is 0 Å². The summed E-state index contributed by atoms with van der Waals surface area (Å²) in [5.74, 6) is 1.32. The van der Waals surface area contributed by atoms with Crippen molar-refractivity contribution in [2.45, 2.75) is 19.6 Å². The van der Waals surface area contributed by atoms with Crippen LogP contribution in [-0.4, -0.2) is 92.3 Å². The van der Waals surface area contributed by atoms with Gasteiger partial charge in [-0.05, 0) is 60.3 Å². The Kier molecular flexibility index (Phi) is 8.31. The second-order valence-corrected chi connectivity index (χ2v) is 9.71. The molecule has 0 saturated carbocycles. The molecular weight excluding hydrogens is 524 g/mol. The maximum atomic E-state index is 13.0. The van der Waals surface area contributed by atoms with E-state index in [1.807, 2.05) is 17.9 Å². The van der Waals surface area contributed by atoms with E-state index >= 15 is 0 Å². The van der Waals surface area contributed by atoms with Crippen molar-refractivity contribution in [1.82, 2.24) is 40.0 Å². The highest BCUT2D eigenvalue weighted by Crippen LogP contribution is 2.30. The maximum absolute atomic E-state index is 13.0. The minimum Gasteiger partial charge on any atom is -0.495 e. The van der Waals surface area contributed by atoms with Crippen molar-refractivity contribution in [3.63, 3.8) is 0 Å². The highest BCUT2D eigenvalue weighted by Gasteiger charge is 2.21. The molecule has 1 atom stereocenters. The fourth-order valence-corrected chi connectivity index (χ4v) is 4.45. The number of likely N-dealkylation sites (N-methyl/N-ethyl adjacent to an activating group) is 1. The van der Waals surface area contributed by atoms with Crippen molar-refractivity contribution in [2.75, 3.05) is 45.7 Å². The predicted molar refractivity (Wildman–Crippen MR) is 150 cm³/mol. The average Bonchev–Trinajstić information content (AvgIpc) is 3.50. The van der Waals surface area contributed by atoms with Crippen molar-refractivity contribution in [3.05, 3.63) is 66.2 Å². The number of hydrogen-bond acceptors (Lipinski definition) is 11. The number of methoxy groups -OCH3 is 1. The molecule has 41 heavy (non-hydrogen) atoms. The highest BCUT2D eigenvalue weighted by molar-refractivity contribution is 5.95. The second kappa shape index (κ2) is 12.4. The smallest absolute Gasteiger partial charge is 0.254 e. The van der Waals surface area contributed by atoms with Crippen LogP contribution in [0, 0.1) is 11.3 Å². The number of hydrogen-bond donors (Lipinski definition) is 1. The van der Waals surface area contributed by atoms with Gasteiger partial charge in [0.2, 0.25) is 5.95 Å². The first kappa shape index (κ1) is 27.5. The third-order valence-electron chi connectivity index (χ3n) is 6.74. The molecule has 0 unspecified atom stereocenters. The number of nitriles is 1. The summed E-state index contributed by atoms with van der Waals surface area (Å²) < 4.78 is 13.2. The first-order chi connectivity index (χ1) is 19.9. The SMILES string of the molecule is COc1cc(C(=O)N2CCN(C)CC2)ccc1Nc1ncc(-c2ccc(C#N)c(O[C@@H](C)Cn3cnnn3)c2)cn1. The van der Waals surface area contributed by atoms with Crippen molar-refractivity contribution in [3.8, 4) is 28.7 Å². The Bertz CT molecular complexity index is 1530. The number of tetrazole rings is 1. The highest BCUT2D eigenvalue weighted by atomic mass is 16.5. The van der Waals surface area contributed by atoms with E-state index in [-0.39, 0.29) is 12.0 Å². The summed E-state index contributed by atoms with van der Waals surface area (Å²) >= 11 is 0. The molecule has 1 aliphatic heterocycles. The Labute approximate surface area is 237 Å². The fourth-order valence-electron chi connectivity index (χ4n) is 4.45. The number of carbonyl (C=O) groups excluding carboxylic acids is 1. The van der Waals surface area contributed by atoms with Gasteiger partial charge in [0, 0.05) is 49.7 Å². The summed E-state index contributed by atoms with van der Waals surface area (Å²) in [6.45, 7) is 5.42. The number of anilines is 2. The van der Waals surface area contributed by atoms with E-state index in [1.165, 1.54) is 6.33 Å². The summed E-state index contributed by atoms with van der Waals surface area (Å²) in [4.78, 5) is 26.0. The topological polar surface area (TPSA) is 147 Å². The van der Waals surface area contributed by atoms with E-state index in [4.69, 9.17) is 9.47 Å². The van der Waals surface area contributed by atoms with Crippen LogP contribution in [0.4, 0.5) is 11.6 Å². The molecule has 2 aromatic carbocycles. The minimum absolute atomic E-state index is 0.0147. The molecule has 2 aromatic heterocycles. The van der Waals surface area contributed by atoms with Crippen molar-refractivity contribution in [2.24, 2.45) is 0 Å². The van der Waals surface area contributed by atoms with E-state index in [2.05, 4.69) is 48.8 Å². The lowest BCUT2D eigenvalue weighted by Crippen LogP contribution is -2.47. The molecular formula is C28H30N10O3. The lowest BCUT2D eigenvalue weighted by molar-refractivity contribution is 0.0664. The number of benzene rings is 2. The summed E-state index contributed by atoms with van der Waals surface area (Å²) in [7, 11) is 3.61. The Balaban J connectivity index is 1.28. The number of aromatic nitrogens is 6. The molecule has 210 valence electrons. The van der Waals surface area contributed by atoms with E-state index in [9.17, 15) is 10.1 Å². The average molecular weight is 555 g/mol. The van der Waals surface area contributed by atoms with Crippen molar-refractivity contribution < 1.29 is 14.3 Å². The van der Waals surface area contributed by atoms with Gasteiger partial charge in [-0.2, -0.15) is 5.26 Å². The molecule has 0 aliphatic carbocycles. The Morgan fingerprint density at radius 2 is 1.85 bits per heavy atom. The lowest BCUT2D eigenvalue weighted by atomic mass is 10.1. The third kappa shape index (κ3) is 6.56. The molecule has 3 heterocycles. The molecule has 1 saturated heterocycles. The standard InChI is InChI=1S/C28H30N10O3/c1-19(17-38-18-32-34-35-38)41-25-12-20(4-5-22(25)14-29)23-15-30-28(31-16-23)33-24-7-6-21(13-26(24)40-3)27(39)37-10-8-36(2)9-11-37/h4-7,12-13,15-16,18-19H,8-11,17H2,1-3H3,(H,30,31,33)/t19-/m0/s1. The number of amides is 1. The molecule has 0 spiro atoms. The van der Waals surface area contributed by atoms with Crippen molar-refractivity contribution >= 4 is 17.5 Å². The van der Waals surface area contributed by atoms with Gasteiger partial charge in [0.1, 0.15) is 30.0 Å².